The summed E-state index contributed by atoms with van der Waals surface area (Å²) in [6.07, 6.45) is 8.77. The van der Waals surface area contributed by atoms with Crippen molar-refractivity contribution in [1.82, 2.24) is 15.1 Å². The van der Waals surface area contributed by atoms with Gasteiger partial charge in [-0.15, -0.1) is 0 Å². The number of carbonyl (C=O) groups is 1. The van der Waals surface area contributed by atoms with Gasteiger partial charge in [0.25, 0.3) is 0 Å². The summed E-state index contributed by atoms with van der Waals surface area (Å²) in [5, 5.41) is 7.90. The van der Waals surface area contributed by atoms with Gasteiger partial charge in [0.15, 0.2) is 0 Å². The first-order valence-corrected chi connectivity index (χ1v) is 11.9. The Morgan fingerprint density at radius 3 is 2.70 bits per heavy atom. The largest absolute Gasteiger partial charge is 0.349 e. The Bertz CT molecular complexity index is 1180. The Hall–Kier alpha value is -3.21. The molecule has 2 aliphatic rings. The molecule has 5 rings (SSSR count). The van der Waals surface area contributed by atoms with Crippen LogP contribution in [0.4, 0.5) is 4.39 Å². The van der Waals surface area contributed by atoms with Gasteiger partial charge in [-0.05, 0) is 78.5 Å². The van der Waals surface area contributed by atoms with Gasteiger partial charge in [0.1, 0.15) is 5.82 Å². The van der Waals surface area contributed by atoms with Crippen molar-refractivity contribution in [3.63, 3.8) is 0 Å². The lowest BCUT2D eigenvalue weighted by molar-refractivity contribution is -0.121. The molecule has 0 saturated heterocycles. The Kier molecular flexibility index (Phi) is 5.65. The van der Waals surface area contributed by atoms with E-state index in [1.165, 1.54) is 28.8 Å². The van der Waals surface area contributed by atoms with Crippen molar-refractivity contribution in [2.75, 3.05) is 0 Å². The Morgan fingerprint density at radius 1 is 1.21 bits per heavy atom. The fraction of sp³-hybridized carbons (Fsp3) is 0.357. The highest BCUT2D eigenvalue weighted by Crippen LogP contribution is 2.55. The van der Waals surface area contributed by atoms with E-state index < -0.39 is 0 Å². The predicted molar refractivity (Wildman–Crippen MR) is 128 cm³/mol. The maximum absolute atomic E-state index is 13.4. The summed E-state index contributed by atoms with van der Waals surface area (Å²) in [5.74, 6) is 0.315. The van der Waals surface area contributed by atoms with Gasteiger partial charge in [0.2, 0.25) is 5.91 Å². The van der Waals surface area contributed by atoms with E-state index in [0.717, 1.165) is 37.1 Å². The van der Waals surface area contributed by atoms with Gasteiger partial charge in [0, 0.05) is 6.42 Å². The lowest BCUT2D eigenvalue weighted by atomic mass is 9.68. The molecule has 3 atom stereocenters. The summed E-state index contributed by atoms with van der Waals surface area (Å²) >= 11 is 0. The summed E-state index contributed by atoms with van der Waals surface area (Å²) in [6.45, 7) is 4.27. The average molecular weight is 444 g/mol. The van der Waals surface area contributed by atoms with E-state index in [1.54, 1.807) is 12.1 Å². The van der Waals surface area contributed by atoms with E-state index in [-0.39, 0.29) is 23.2 Å². The molecule has 1 fully saturated rings. The highest BCUT2D eigenvalue weighted by molar-refractivity contribution is 5.76. The summed E-state index contributed by atoms with van der Waals surface area (Å²) in [4.78, 5) is 12.3. The third-order valence-electron chi connectivity index (χ3n) is 7.60. The molecule has 4 nitrogen and oxygen atoms in total. The van der Waals surface area contributed by atoms with Crippen LogP contribution in [0.5, 0.6) is 0 Å². The van der Waals surface area contributed by atoms with Crippen LogP contribution < -0.4 is 5.32 Å². The van der Waals surface area contributed by atoms with Crippen LogP contribution in [0.25, 0.3) is 11.8 Å². The lowest BCUT2D eigenvalue weighted by Crippen LogP contribution is -2.34. The van der Waals surface area contributed by atoms with Crippen molar-refractivity contribution in [2.45, 2.75) is 52.0 Å². The van der Waals surface area contributed by atoms with Gasteiger partial charge < -0.3 is 5.32 Å². The molecule has 1 heterocycles. The van der Waals surface area contributed by atoms with Crippen LogP contribution in [0.2, 0.25) is 0 Å². The Balaban J connectivity index is 1.42. The minimum atomic E-state index is -0.243. The molecule has 1 aromatic heterocycles. The summed E-state index contributed by atoms with van der Waals surface area (Å²) in [5.41, 5.74) is 5.88. The van der Waals surface area contributed by atoms with E-state index in [1.807, 2.05) is 36.0 Å². The maximum atomic E-state index is 13.4. The molecule has 5 heteroatoms. The smallest absolute Gasteiger partial charge is 0.220 e. The maximum Gasteiger partial charge on any atom is 0.220 e. The minimum Gasteiger partial charge on any atom is -0.349 e. The van der Waals surface area contributed by atoms with E-state index in [0.29, 0.717) is 12.3 Å². The SMILES string of the molecule is CCC(=O)N[C@@H](C[C@H]1CCC2=Cc3c(cnn3-c3ccc(F)cc3)C[C@@]21C)c1ccccc1. The monoisotopic (exact) mass is 443 g/mol. The van der Waals surface area contributed by atoms with Crippen molar-refractivity contribution in [3.05, 3.63) is 89.0 Å². The number of rotatable bonds is 6. The molecular weight excluding hydrogens is 413 g/mol. The molecule has 2 aliphatic carbocycles. The summed E-state index contributed by atoms with van der Waals surface area (Å²) in [7, 11) is 0. The molecule has 0 aliphatic heterocycles. The number of amides is 1. The first-order valence-electron chi connectivity index (χ1n) is 11.9. The number of fused-ring (bicyclic) bond motifs is 2. The number of aromatic nitrogens is 2. The quantitative estimate of drug-likeness (QED) is 0.506. The van der Waals surface area contributed by atoms with Crippen LogP contribution in [0.3, 0.4) is 0 Å². The first kappa shape index (κ1) is 21.6. The molecule has 0 unspecified atom stereocenters. The second-order valence-electron chi connectivity index (χ2n) is 9.56. The van der Waals surface area contributed by atoms with Crippen molar-refractivity contribution in [3.8, 4) is 5.69 Å². The highest BCUT2D eigenvalue weighted by atomic mass is 19.1. The lowest BCUT2D eigenvalue weighted by Gasteiger charge is -2.37. The molecule has 0 radical (unpaired) electrons. The van der Waals surface area contributed by atoms with Gasteiger partial charge in [-0.2, -0.15) is 5.10 Å². The number of nitrogens with zero attached hydrogens (tertiary/aromatic N) is 2. The number of hydrogen-bond acceptors (Lipinski definition) is 2. The molecule has 1 amide bonds. The average Bonchev–Trinajstić information content (AvgIpc) is 3.37. The number of nitrogens with one attached hydrogen (secondary N) is 1. The topological polar surface area (TPSA) is 46.9 Å². The van der Waals surface area contributed by atoms with Crippen LogP contribution in [-0.2, 0) is 11.2 Å². The van der Waals surface area contributed by atoms with E-state index in [4.69, 9.17) is 0 Å². The highest BCUT2D eigenvalue weighted by Gasteiger charge is 2.46. The second kappa shape index (κ2) is 8.62. The van der Waals surface area contributed by atoms with Crippen molar-refractivity contribution in [2.24, 2.45) is 11.3 Å². The van der Waals surface area contributed by atoms with Gasteiger partial charge in [-0.1, -0.05) is 49.8 Å². The number of hydrogen-bond donors (Lipinski definition) is 1. The predicted octanol–water partition coefficient (Wildman–Crippen LogP) is 6.02. The number of halogens is 1. The van der Waals surface area contributed by atoms with Crippen molar-refractivity contribution in [1.29, 1.82) is 0 Å². The number of allylic oxidation sites excluding steroid dienone is 1. The second-order valence-corrected chi connectivity index (χ2v) is 9.56. The van der Waals surface area contributed by atoms with Crippen LogP contribution in [0, 0.1) is 17.2 Å². The number of benzene rings is 2. The van der Waals surface area contributed by atoms with E-state index in [2.05, 4.69) is 35.5 Å². The molecular formula is C28H30FN3O. The zero-order valence-corrected chi connectivity index (χ0v) is 19.2. The van der Waals surface area contributed by atoms with Crippen molar-refractivity contribution >= 4 is 12.0 Å². The van der Waals surface area contributed by atoms with E-state index >= 15 is 0 Å². The van der Waals surface area contributed by atoms with Crippen LogP contribution in [0.15, 0.2) is 66.4 Å². The van der Waals surface area contributed by atoms with Crippen LogP contribution in [-0.4, -0.2) is 15.7 Å². The zero-order valence-electron chi connectivity index (χ0n) is 19.2. The van der Waals surface area contributed by atoms with Crippen LogP contribution in [0.1, 0.15) is 62.4 Å². The Morgan fingerprint density at radius 2 is 1.97 bits per heavy atom. The molecule has 170 valence electrons. The molecule has 1 saturated carbocycles. The summed E-state index contributed by atoms with van der Waals surface area (Å²) in [6, 6.07) is 16.8. The number of carbonyl (C=O) groups excluding carboxylic acids is 1. The van der Waals surface area contributed by atoms with Gasteiger partial charge in [0.05, 0.1) is 23.6 Å². The third kappa shape index (κ3) is 4.01. The van der Waals surface area contributed by atoms with Gasteiger partial charge in [-0.25, -0.2) is 9.07 Å². The van der Waals surface area contributed by atoms with Crippen LogP contribution >= 0.6 is 0 Å². The standard InChI is InChI=1S/C28H30FN3O/c1-3-27(33)31-25(19-7-5-4-6-8-19)15-21-9-10-22-16-26-20(17-28(21,22)2)18-30-32(26)24-13-11-23(29)12-14-24/h4-8,11-14,16,18,21,25H,3,9-10,15,17H2,1-2H3,(H,31,33)/t21-,25+,28-/m1/s1. The van der Waals surface area contributed by atoms with E-state index in [9.17, 15) is 9.18 Å². The third-order valence-corrected chi connectivity index (χ3v) is 7.60. The molecule has 1 N–H and O–H groups in total. The summed E-state index contributed by atoms with van der Waals surface area (Å²) < 4.78 is 15.3. The molecule has 0 bridgehead atoms. The molecule has 3 aromatic rings. The van der Waals surface area contributed by atoms with Crippen molar-refractivity contribution < 1.29 is 9.18 Å². The van der Waals surface area contributed by atoms with Gasteiger partial charge in [-0.3, -0.25) is 4.79 Å². The molecule has 0 spiro atoms. The normalized spacial score (nSPS) is 22.3. The fourth-order valence-corrected chi connectivity index (χ4v) is 5.64. The minimum absolute atomic E-state index is 0.0168. The fourth-order valence-electron chi connectivity index (χ4n) is 5.64. The molecule has 33 heavy (non-hydrogen) atoms. The zero-order chi connectivity index (χ0) is 23.0. The van der Waals surface area contributed by atoms with Gasteiger partial charge >= 0.3 is 0 Å². The molecule has 2 aromatic carbocycles. The first-order chi connectivity index (χ1) is 16.0. The Labute approximate surface area is 194 Å².